The number of carbonyl (C=O) groups is 3. The summed E-state index contributed by atoms with van der Waals surface area (Å²) in [5.74, 6) is 0.636. The molecule has 0 rings (SSSR count). The molecule has 0 fully saturated rings. The van der Waals surface area contributed by atoms with E-state index in [4.69, 9.17) is 20.4 Å². The molecule has 0 spiro atoms. The van der Waals surface area contributed by atoms with Gasteiger partial charge in [0.1, 0.15) is 0 Å². The SMILES string of the molecule is CC(C)CCCCCCCCCCCCCCC(=O)O.CC(C)CCCCCCCCCCCCCCC(=O)O.CC(C)CCCCCCCCCCCCCCC(=O)O.CCCO. The molecule has 0 aliphatic carbocycles. The number of aliphatic hydroxyl groups is 1. The summed E-state index contributed by atoms with van der Waals surface area (Å²) in [5, 5.41) is 33.4. The molecular weight excluding hydrogens is 797 g/mol. The van der Waals surface area contributed by atoms with Crippen molar-refractivity contribution in [3.63, 3.8) is 0 Å². The first-order valence-electron chi connectivity index (χ1n) is 28.1. The highest BCUT2D eigenvalue weighted by Crippen LogP contribution is 2.17. The van der Waals surface area contributed by atoms with Gasteiger partial charge >= 0.3 is 17.9 Å². The second-order valence-corrected chi connectivity index (χ2v) is 20.4. The molecule has 0 aliphatic heterocycles. The van der Waals surface area contributed by atoms with Crippen LogP contribution in [-0.4, -0.2) is 44.9 Å². The summed E-state index contributed by atoms with van der Waals surface area (Å²) in [4.78, 5) is 31.0. The lowest BCUT2D eigenvalue weighted by atomic mass is 10.0. The predicted octanol–water partition coefficient (Wildman–Crippen LogP) is 19.0. The number of unbranched alkanes of at least 4 members (excludes halogenated alkanes) is 33. The van der Waals surface area contributed by atoms with Gasteiger partial charge in [0.15, 0.2) is 0 Å². The van der Waals surface area contributed by atoms with E-state index in [-0.39, 0.29) is 0 Å². The quantitative estimate of drug-likeness (QED) is 0.0447. The molecule has 0 saturated heterocycles. The summed E-state index contributed by atoms with van der Waals surface area (Å²) in [5.41, 5.74) is 0. The van der Waals surface area contributed by atoms with Gasteiger partial charge in [-0.25, -0.2) is 0 Å². The van der Waals surface area contributed by atoms with E-state index in [1.54, 1.807) is 0 Å². The Balaban J connectivity index is -0.000000404. The van der Waals surface area contributed by atoms with Crippen molar-refractivity contribution in [3.8, 4) is 0 Å². The van der Waals surface area contributed by atoms with Crippen molar-refractivity contribution in [2.75, 3.05) is 6.61 Å². The molecule has 0 aromatic carbocycles. The van der Waals surface area contributed by atoms with Gasteiger partial charge in [-0.05, 0) is 43.4 Å². The Bertz CT molecular complexity index is 776. The summed E-state index contributed by atoms with van der Waals surface area (Å²) >= 11 is 0. The number of aliphatic hydroxyl groups excluding tert-OH is 1. The monoisotopic (exact) mass is 913 g/mol. The van der Waals surface area contributed by atoms with Crippen molar-refractivity contribution in [2.45, 2.75) is 325 Å². The number of aliphatic carboxylic acids is 3. The maximum absolute atomic E-state index is 10.3. The van der Waals surface area contributed by atoms with Crippen LogP contribution in [-0.2, 0) is 14.4 Å². The number of carboxylic acid groups (broad SMARTS) is 3. The summed E-state index contributed by atoms with van der Waals surface area (Å²) in [6, 6.07) is 0. The van der Waals surface area contributed by atoms with Crippen molar-refractivity contribution in [1.82, 2.24) is 0 Å². The fourth-order valence-electron chi connectivity index (χ4n) is 7.79. The fraction of sp³-hybridized carbons (Fsp3) is 0.947. The standard InChI is InChI=1S/3C18H36O2.C3H8O/c3*1-17(2)15-13-11-9-7-5-3-4-6-8-10-12-14-16-18(19)20;1-2-3-4/h3*17H,3-16H2,1-2H3,(H,19,20);4H,2-3H2,1H3. The zero-order chi connectivity index (χ0) is 48.6. The van der Waals surface area contributed by atoms with Crippen LogP contribution >= 0.6 is 0 Å². The molecule has 0 aliphatic rings. The van der Waals surface area contributed by atoms with Crippen molar-refractivity contribution in [3.05, 3.63) is 0 Å². The van der Waals surface area contributed by atoms with Crippen molar-refractivity contribution in [2.24, 2.45) is 17.8 Å². The fourth-order valence-corrected chi connectivity index (χ4v) is 7.79. The highest BCUT2D eigenvalue weighted by molar-refractivity contribution is 5.67. The van der Waals surface area contributed by atoms with Gasteiger partial charge in [-0.15, -0.1) is 0 Å². The van der Waals surface area contributed by atoms with Crippen LogP contribution in [0.25, 0.3) is 0 Å². The lowest BCUT2D eigenvalue weighted by Gasteiger charge is -2.04. The zero-order valence-electron chi connectivity index (χ0n) is 44.4. The van der Waals surface area contributed by atoms with Gasteiger partial charge in [-0.2, -0.15) is 0 Å². The molecule has 0 aromatic rings. The smallest absolute Gasteiger partial charge is 0.303 e. The number of hydrogen-bond donors (Lipinski definition) is 4. The average molecular weight is 914 g/mol. The van der Waals surface area contributed by atoms with Gasteiger partial charge < -0.3 is 20.4 Å². The lowest BCUT2D eigenvalue weighted by Crippen LogP contribution is -1.93. The van der Waals surface area contributed by atoms with Gasteiger partial charge in [0.2, 0.25) is 0 Å². The molecule has 0 amide bonds. The lowest BCUT2D eigenvalue weighted by molar-refractivity contribution is -0.138. The zero-order valence-corrected chi connectivity index (χ0v) is 44.4. The summed E-state index contributed by atoms with van der Waals surface area (Å²) in [6.07, 6.45) is 52.8. The molecule has 0 radical (unpaired) electrons. The van der Waals surface area contributed by atoms with Crippen LogP contribution in [0, 0.1) is 17.8 Å². The van der Waals surface area contributed by atoms with Crippen LogP contribution in [0.3, 0.4) is 0 Å². The normalized spacial score (nSPS) is 10.9. The molecule has 0 aromatic heterocycles. The molecule has 7 nitrogen and oxygen atoms in total. The number of rotatable bonds is 46. The van der Waals surface area contributed by atoms with Crippen LogP contribution in [0.4, 0.5) is 0 Å². The van der Waals surface area contributed by atoms with E-state index in [0.717, 1.165) is 62.7 Å². The van der Waals surface area contributed by atoms with E-state index in [1.165, 1.54) is 212 Å². The van der Waals surface area contributed by atoms with Crippen LogP contribution in [0.5, 0.6) is 0 Å². The van der Waals surface area contributed by atoms with Gasteiger partial charge in [-0.3, -0.25) is 14.4 Å². The minimum Gasteiger partial charge on any atom is -0.481 e. The van der Waals surface area contributed by atoms with Crippen LogP contribution in [0.2, 0.25) is 0 Å². The van der Waals surface area contributed by atoms with Gasteiger partial charge in [0.25, 0.3) is 0 Å². The van der Waals surface area contributed by atoms with Crippen LogP contribution in [0.15, 0.2) is 0 Å². The third kappa shape index (κ3) is 83.9. The Hall–Kier alpha value is -1.63. The summed E-state index contributed by atoms with van der Waals surface area (Å²) < 4.78 is 0. The molecule has 0 heterocycles. The largest absolute Gasteiger partial charge is 0.481 e. The Morgan fingerprint density at radius 3 is 0.516 bits per heavy atom. The molecule has 7 heteroatoms. The Morgan fingerprint density at radius 1 is 0.281 bits per heavy atom. The molecule has 0 bridgehead atoms. The van der Waals surface area contributed by atoms with Crippen molar-refractivity contribution in [1.29, 1.82) is 0 Å². The van der Waals surface area contributed by atoms with E-state index in [0.29, 0.717) is 25.9 Å². The van der Waals surface area contributed by atoms with Gasteiger partial charge in [0.05, 0.1) is 0 Å². The molecule has 0 atom stereocenters. The molecular formula is C57H116O7. The molecule has 0 unspecified atom stereocenters. The Morgan fingerprint density at radius 2 is 0.406 bits per heavy atom. The van der Waals surface area contributed by atoms with E-state index in [1.807, 2.05) is 6.92 Å². The Labute approximate surface area is 400 Å². The topological polar surface area (TPSA) is 132 Å². The molecule has 386 valence electrons. The van der Waals surface area contributed by atoms with Crippen molar-refractivity contribution >= 4 is 17.9 Å². The van der Waals surface area contributed by atoms with Crippen LogP contribution in [0.1, 0.15) is 325 Å². The predicted molar refractivity (Wildman–Crippen MR) is 279 cm³/mol. The van der Waals surface area contributed by atoms with Crippen molar-refractivity contribution < 1.29 is 34.8 Å². The summed E-state index contributed by atoms with van der Waals surface area (Å²) in [7, 11) is 0. The first kappa shape index (κ1) is 68.9. The minimum atomic E-state index is -0.654. The third-order valence-electron chi connectivity index (χ3n) is 12.0. The van der Waals surface area contributed by atoms with E-state index >= 15 is 0 Å². The van der Waals surface area contributed by atoms with Gasteiger partial charge in [-0.1, -0.05) is 280 Å². The van der Waals surface area contributed by atoms with E-state index < -0.39 is 17.9 Å². The second kappa shape index (κ2) is 61.4. The number of hydrogen-bond acceptors (Lipinski definition) is 4. The molecule has 64 heavy (non-hydrogen) atoms. The van der Waals surface area contributed by atoms with E-state index in [2.05, 4.69) is 41.5 Å². The third-order valence-corrected chi connectivity index (χ3v) is 12.0. The average Bonchev–Trinajstić information content (AvgIpc) is 3.24. The molecule has 0 saturated carbocycles. The molecule has 4 N–H and O–H groups in total. The highest BCUT2D eigenvalue weighted by atomic mass is 16.4. The Kier molecular flexibility index (Phi) is 66.1. The number of carboxylic acids is 3. The second-order valence-electron chi connectivity index (χ2n) is 20.4. The maximum atomic E-state index is 10.3. The first-order valence-corrected chi connectivity index (χ1v) is 28.1. The van der Waals surface area contributed by atoms with Gasteiger partial charge in [0, 0.05) is 25.9 Å². The minimum absolute atomic E-state index is 0.319. The van der Waals surface area contributed by atoms with Crippen LogP contribution < -0.4 is 0 Å². The highest BCUT2D eigenvalue weighted by Gasteiger charge is 2.01. The maximum Gasteiger partial charge on any atom is 0.303 e. The van der Waals surface area contributed by atoms with E-state index in [9.17, 15) is 14.4 Å². The summed E-state index contributed by atoms with van der Waals surface area (Å²) in [6.45, 7) is 16.1. The first-order chi connectivity index (χ1) is 30.8.